The van der Waals surface area contributed by atoms with Crippen LogP contribution < -0.4 is 10.9 Å². The van der Waals surface area contributed by atoms with Gasteiger partial charge in [0.2, 0.25) is 0 Å². The predicted molar refractivity (Wildman–Crippen MR) is 66.6 cm³/mol. The lowest BCUT2D eigenvalue weighted by Crippen LogP contribution is -2.49. The van der Waals surface area contributed by atoms with Crippen LogP contribution in [0.5, 0.6) is 0 Å². The minimum Gasteiger partial charge on any atom is -0.480 e. The van der Waals surface area contributed by atoms with Crippen molar-refractivity contribution >= 4 is 11.8 Å². The molecule has 0 aliphatic heterocycles. The molecular weight excluding hydrogens is 234 g/mol. The third-order valence-corrected chi connectivity index (χ3v) is 3.49. The third kappa shape index (κ3) is 2.23. The second kappa shape index (κ2) is 4.80. The summed E-state index contributed by atoms with van der Waals surface area (Å²) in [5.74, 6) is -0.792. The predicted octanol–water partition coefficient (Wildman–Crippen LogP) is 0.980. The number of hydrogen-bond acceptors (Lipinski definition) is 4. The van der Waals surface area contributed by atoms with Gasteiger partial charge in [-0.2, -0.15) is 0 Å². The Bertz CT molecular complexity index is 504. The van der Waals surface area contributed by atoms with Gasteiger partial charge in [0.05, 0.1) is 0 Å². The Morgan fingerprint density at radius 3 is 2.72 bits per heavy atom. The van der Waals surface area contributed by atoms with Crippen molar-refractivity contribution in [2.75, 3.05) is 5.32 Å². The number of carboxylic acids is 1. The van der Waals surface area contributed by atoms with E-state index in [9.17, 15) is 14.7 Å². The van der Waals surface area contributed by atoms with Crippen LogP contribution in [-0.2, 0) is 11.8 Å². The number of aromatic nitrogens is 2. The summed E-state index contributed by atoms with van der Waals surface area (Å²) in [4.78, 5) is 27.3. The number of carboxylic acid groups (broad SMARTS) is 1. The highest BCUT2D eigenvalue weighted by Crippen LogP contribution is 2.30. The van der Waals surface area contributed by atoms with E-state index in [4.69, 9.17) is 0 Å². The molecule has 98 valence electrons. The number of hydrogen-bond donors (Lipinski definition) is 2. The van der Waals surface area contributed by atoms with Crippen LogP contribution in [0.15, 0.2) is 17.2 Å². The Labute approximate surface area is 105 Å². The van der Waals surface area contributed by atoms with E-state index < -0.39 is 11.5 Å². The molecule has 1 aromatic heterocycles. The van der Waals surface area contributed by atoms with E-state index >= 15 is 0 Å². The van der Waals surface area contributed by atoms with Crippen LogP contribution >= 0.6 is 0 Å². The van der Waals surface area contributed by atoms with E-state index in [1.54, 1.807) is 13.2 Å². The van der Waals surface area contributed by atoms with Crippen molar-refractivity contribution in [2.24, 2.45) is 7.05 Å². The van der Waals surface area contributed by atoms with Gasteiger partial charge in [0.15, 0.2) is 5.82 Å². The molecule has 1 aliphatic carbocycles. The highest BCUT2D eigenvalue weighted by Gasteiger charge is 2.40. The van der Waals surface area contributed by atoms with Gasteiger partial charge in [-0.05, 0) is 12.8 Å². The van der Waals surface area contributed by atoms with Crippen LogP contribution in [0.2, 0.25) is 0 Å². The summed E-state index contributed by atoms with van der Waals surface area (Å²) in [7, 11) is 1.61. The van der Waals surface area contributed by atoms with Crippen molar-refractivity contribution < 1.29 is 9.90 Å². The Morgan fingerprint density at radius 2 is 2.11 bits per heavy atom. The molecule has 0 atom stereocenters. The fourth-order valence-corrected chi connectivity index (χ4v) is 2.36. The van der Waals surface area contributed by atoms with Crippen molar-refractivity contribution in [3.05, 3.63) is 22.7 Å². The number of nitrogens with zero attached hydrogens (tertiary/aromatic N) is 2. The van der Waals surface area contributed by atoms with Gasteiger partial charge >= 0.3 is 5.97 Å². The van der Waals surface area contributed by atoms with Gasteiger partial charge in [-0.3, -0.25) is 4.79 Å². The first-order valence-electron chi connectivity index (χ1n) is 6.08. The molecule has 0 amide bonds. The van der Waals surface area contributed by atoms with Gasteiger partial charge < -0.3 is 15.0 Å². The normalized spacial score (nSPS) is 18.3. The molecule has 6 heteroatoms. The van der Waals surface area contributed by atoms with Crippen molar-refractivity contribution in [3.63, 3.8) is 0 Å². The molecule has 18 heavy (non-hydrogen) atoms. The maximum Gasteiger partial charge on any atom is 0.329 e. The topological polar surface area (TPSA) is 84.2 Å². The average Bonchev–Trinajstić information content (AvgIpc) is 2.36. The quantitative estimate of drug-likeness (QED) is 0.836. The summed E-state index contributed by atoms with van der Waals surface area (Å²) in [5.41, 5.74) is -1.35. The van der Waals surface area contributed by atoms with Crippen molar-refractivity contribution in [2.45, 2.75) is 37.6 Å². The number of rotatable bonds is 3. The van der Waals surface area contributed by atoms with Crippen molar-refractivity contribution in [1.82, 2.24) is 9.55 Å². The van der Waals surface area contributed by atoms with Gasteiger partial charge in [0.25, 0.3) is 5.56 Å². The molecule has 0 unspecified atom stereocenters. The molecule has 0 bridgehead atoms. The lowest BCUT2D eigenvalue weighted by Gasteiger charge is -2.34. The molecule has 0 radical (unpaired) electrons. The molecule has 1 fully saturated rings. The first kappa shape index (κ1) is 12.6. The van der Waals surface area contributed by atoms with E-state index in [-0.39, 0.29) is 11.4 Å². The number of aliphatic carboxylic acids is 1. The summed E-state index contributed by atoms with van der Waals surface area (Å²) < 4.78 is 1.38. The third-order valence-electron chi connectivity index (χ3n) is 3.49. The summed E-state index contributed by atoms with van der Waals surface area (Å²) >= 11 is 0. The first-order valence-corrected chi connectivity index (χ1v) is 6.08. The zero-order chi connectivity index (χ0) is 13.2. The van der Waals surface area contributed by atoms with Gasteiger partial charge in [-0.25, -0.2) is 9.78 Å². The van der Waals surface area contributed by atoms with Crippen LogP contribution in [0.3, 0.4) is 0 Å². The number of nitrogens with one attached hydrogen (secondary N) is 1. The number of carbonyl (C=O) groups is 1. The summed E-state index contributed by atoms with van der Waals surface area (Å²) in [6.45, 7) is 0. The van der Waals surface area contributed by atoms with Crippen LogP contribution in [0.1, 0.15) is 32.1 Å². The molecular formula is C12H17N3O3. The summed E-state index contributed by atoms with van der Waals surface area (Å²) in [6, 6.07) is 0. The van der Waals surface area contributed by atoms with E-state index in [1.807, 2.05) is 0 Å². The largest absolute Gasteiger partial charge is 0.480 e. The fourth-order valence-electron chi connectivity index (χ4n) is 2.36. The van der Waals surface area contributed by atoms with Crippen LogP contribution in [0, 0.1) is 0 Å². The number of anilines is 1. The molecule has 6 nitrogen and oxygen atoms in total. The van der Waals surface area contributed by atoms with Crippen LogP contribution in [-0.4, -0.2) is 26.2 Å². The smallest absolute Gasteiger partial charge is 0.329 e. The molecule has 1 saturated carbocycles. The van der Waals surface area contributed by atoms with Crippen molar-refractivity contribution in [3.8, 4) is 0 Å². The maximum absolute atomic E-state index is 11.9. The summed E-state index contributed by atoms with van der Waals surface area (Å²) in [5, 5.41) is 12.3. The second-order valence-electron chi connectivity index (χ2n) is 4.76. The van der Waals surface area contributed by atoms with Gasteiger partial charge in [0, 0.05) is 19.4 Å². The van der Waals surface area contributed by atoms with Crippen LogP contribution in [0.4, 0.5) is 5.82 Å². The Kier molecular flexibility index (Phi) is 3.36. The highest BCUT2D eigenvalue weighted by molar-refractivity contribution is 5.82. The van der Waals surface area contributed by atoms with Crippen LogP contribution in [0.25, 0.3) is 0 Å². The highest BCUT2D eigenvalue weighted by atomic mass is 16.4. The zero-order valence-electron chi connectivity index (χ0n) is 10.3. The molecule has 1 aromatic rings. The van der Waals surface area contributed by atoms with E-state index in [1.165, 1.54) is 10.8 Å². The average molecular weight is 251 g/mol. The standard InChI is InChI=1S/C12H17N3O3/c1-15-8-7-13-9(10(15)16)14-12(11(17)18)5-3-2-4-6-12/h7-8H,2-6H2,1H3,(H,13,14)(H,17,18). The van der Waals surface area contributed by atoms with E-state index in [0.29, 0.717) is 12.8 Å². The van der Waals surface area contributed by atoms with Gasteiger partial charge in [0.1, 0.15) is 5.54 Å². The molecule has 1 aliphatic rings. The fraction of sp³-hybridized carbons (Fsp3) is 0.583. The Hall–Kier alpha value is -1.85. The molecule has 1 heterocycles. The van der Waals surface area contributed by atoms with E-state index in [2.05, 4.69) is 10.3 Å². The minimum absolute atomic E-state index is 0.115. The molecule has 2 rings (SSSR count). The number of aryl methyl sites for hydroxylation is 1. The van der Waals surface area contributed by atoms with Gasteiger partial charge in [-0.15, -0.1) is 0 Å². The Morgan fingerprint density at radius 1 is 1.44 bits per heavy atom. The summed E-state index contributed by atoms with van der Waals surface area (Å²) in [6.07, 6.45) is 6.84. The maximum atomic E-state index is 11.9. The second-order valence-corrected chi connectivity index (χ2v) is 4.76. The molecule has 2 N–H and O–H groups in total. The van der Waals surface area contributed by atoms with Crippen molar-refractivity contribution in [1.29, 1.82) is 0 Å². The van der Waals surface area contributed by atoms with E-state index in [0.717, 1.165) is 19.3 Å². The Balaban J connectivity index is 2.32. The minimum atomic E-state index is -1.04. The monoisotopic (exact) mass is 251 g/mol. The molecule has 0 aromatic carbocycles. The lowest BCUT2D eigenvalue weighted by molar-refractivity contribution is -0.143. The molecule has 0 spiro atoms. The SMILES string of the molecule is Cn1ccnc(NC2(C(=O)O)CCCCC2)c1=O. The first-order chi connectivity index (χ1) is 8.55. The molecule has 0 saturated heterocycles. The zero-order valence-corrected chi connectivity index (χ0v) is 10.3. The lowest BCUT2D eigenvalue weighted by atomic mass is 9.81. The van der Waals surface area contributed by atoms with Gasteiger partial charge in [-0.1, -0.05) is 19.3 Å².